The molecule has 1 atom stereocenters. The first kappa shape index (κ1) is 18.4. The second-order valence-corrected chi connectivity index (χ2v) is 7.39. The Balaban J connectivity index is 1.62. The minimum Gasteiger partial charge on any atom is -0.369 e. The average Bonchev–Trinajstić information content (AvgIpc) is 2.53. The van der Waals surface area contributed by atoms with Crippen LogP contribution in [0, 0.1) is 18.8 Å². The average molecular weight is 359 g/mol. The van der Waals surface area contributed by atoms with Crippen molar-refractivity contribution in [3.63, 3.8) is 0 Å². The molecule has 0 saturated carbocycles. The molecule has 0 bridgehead atoms. The molecule has 8 nitrogen and oxygen atoms in total. The number of carbonyl (C=O) groups excluding carboxylic acids is 3. The molecule has 0 unspecified atom stereocenters. The van der Waals surface area contributed by atoms with Crippen molar-refractivity contribution in [1.82, 2.24) is 14.9 Å². The highest BCUT2D eigenvalue weighted by atomic mass is 16.2. The van der Waals surface area contributed by atoms with Crippen LogP contribution in [0.3, 0.4) is 0 Å². The van der Waals surface area contributed by atoms with E-state index < -0.39 is 0 Å². The number of aromatic nitrogens is 2. The van der Waals surface area contributed by atoms with Gasteiger partial charge in [-0.1, -0.05) is 6.92 Å². The van der Waals surface area contributed by atoms with Crippen LogP contribution in [0.1, 0.15) is 47.9 Å². The number of primary amides is 1. The van der Waals surface area contributed by atoms with Gasteiger partial charge in [0.1, 0.15) is 0 Å². The third-order valence-corrected chi connectivity index (χ3v) is 5.13. The van der Waals surface area contributed by atoms with E-state index in [1.54, 1.807) is 6.92 Å². The molecule has 2 amide bonds. The number of likely N-dealkylation sites (tertiary alicyclic amines) is 1. The lowest BCUT2D eigenvalue weighted by atomic mass is 9.86. The van der Waals surface area contributed by atoms with Gasteiger partial charge >= 0.3 is 0 Å². The first-order valence-electron chi connectivity index (χ1n) is 9.05. The lowest BCUT2D eigenvalue weighted by Crippen LogP contribution is -2.42. The van der Waals surface area contributed by atoms with Gasteiger partial charge in [-0.15, -0.1) is 0 Å². The summed E-state index contributed by atoms with van der Waals surface area (Å²) in [7, 11) is 0. The zero-order chi connectivity index (χ0) is 18.8. The van der Waals surface area contributed by atoms with Crippen molar-refractivity contribution in [1.29, 1.82) is 0 Å². The van der Waals surface area contributed by atoms with E-state index in [4.69, 9.17) is 5.73 Å². The summed E-state index contributed by atoms with van der Waals surface area (Å²) >= 11 is 0. The number of carbonyl (C=O) groups is 3. The number of nitrogens with zero attached hydrogens (tertiary/aromatic N) is 3. The molecule has 0 radical (unpaired) electrons. The number of fused-ring (bicyclic) bond motifs is 1. The zero-order valence-corrected chi connectivity index (χ0v) is 15.2. The predicted molar refractivity (Wildman–Crippen MR) is 95.6 cm³/mol. The molecule has 2 heterocycles. The summed E-state index contributed by atoms with van der Waals surface area (Å²) in [4.78, 5) is 46.4. The second-order valence-electron chi connectivity index (χ2n) is 7.39. The molecule has 0 aromatic carbocycles. The van der Waals surface area contributed by atoms with Gasteiger partial charge in [-0.25, -0.2) is 9.97 Å². The Labute approximate surface area is 152 Å². The Bertz CT molecular complexity index is 741. The predicted octanol–water partition coefficient (Wildman–Crippen LogP) is 0.686. The third kappa shape index (κ3) is 4.07. The largest absolute Gasteiger partial charge is 0.369 e. The van der Waals surface area contributed by atoms with Gasteiger partial charge in [-0.3, -0.25) is 24.6 Å². The number of nitrogens with two attached hydrogens (primary N) is 1. The number of aryl methyl sites for hydroxylation is 1. The van der Waals surface area contributed by atoms with Crippen LogP contribution in [-0.4, -0.2) is 52.1 Å². The fourth-order valence-electron chi connectivity index (χ4n) is 3.76. The van der Waals surface area contributed by atoms with Gasteiger partial charge in [0.15, 0.2) is 5.78 Å². The van der Waals surface area contributed by atoms with Gasteiger partial charge in [0.2, 0.25) is 17.8 Å². The van der Waals surface area contributed by atoms with Crippen molar-refractivity contribution >= 4 is 23.5 Å². The molecule has 3 N–H and O–H groups in total. The van der Waals surface area contributed by atoms with Gasteiger partial charge < -0.3 is 5.73 Å². The molecule has 2 aliphatic rings. The van der Waals surface area contributed by atoms with Crippen molar-refractivity contribution < 1.29 is 14.4 Å². The van der Waals surface area contributed by atoms with Crippen LogP contribution >= 0.6 is 0 Å². The Morgan fingerprint density at radius 1 is 1.23 bits per heavy atom. The Morgan fingerprint density at radius 2 is 1.92 bits per heavy atom. The number of hydrogen-bond acceptors (Lipinski definition) is 6. The summed E-state index contributed by atoms with van der Waals surface area (Å²) in [6.45, 7) is 5.35. The monoisotopic (exact) mass is 359 g/mol. The van der Waals surface area contributed by atoms with Crippen LogP contribution in [0.2, 0.25) is 0 Å². The first-order valence-corrected chi connectivity index (χ1v) is 9.05. The molecular formula is C18H25N5O3. The summed E-state index contributed by atoms with van der Waals surface area (Å²) in [5.74, 6) is 0.0133. The van der Waals surface area contributed by atoms with Crippen LogP contribution in [0.15, 0.2) is 0 Å². The minimum absolute atomic E-state index is 0.0754. The maximum atomic E-state index is 12.3. The van der Waals surface area contributed by atoms with E-state index >= 15 is 0 Å². The molecular weight excluding hydrogens is 334 g/mol. The molecule has 1 fully saturated rings. The quantitative estimate of drug-likeness (QED) is 0.816. The molecule has 0 spiro atoms. The number of amides is 2. The highest BCUT2D eigenvalue weighted by Gasteiger charge is 2.27. The van der Waals surface area contributed by atoms with Gasteiger partial charge in [0.25, 0.3) is 0 Å². The summed E-state index contributed by atoms with van der Waals surface area (Å²) < 4.78 is 0. The van der Waals surface area contributed by atoms with Crippen molar-refractivity contribution in [2.45, 2.75) is 39.5 Å². The maximum Gasteiger partial charge on any atom is 0.240 e. The van der Waals surface area contributed by atoms with Crippen LogP contribution in [-0.2, 0) is 16.0 Å². The topological polar surface area (TPSA) is 118 Å². The summed E-state index contributed by atoms with van der Waals surface area (Å²) in [5, 5.41) is 2.74. The van der Waals surface area contributed by atoms with Gasteiger partial charge in [0.05, 0.1) is 23.5 Å². The summed E-state index contributed by atoms with van der Waals surface area (Å²) in [6, 6.07) is 0. The molecule has 1 aliphatic carbocycles. The number of hydrogen-bond donors (Lipinski definition) is 2. The minimum atomic E-state index is -0.268. The Kier molecular flexibility index (Phi) is 5.31. The van der Waals surface area contributed by atoms with E-state index in [2.05, 4.69) is 15.3 Å². The molecule has 1 aromatic rings. The van der Waals surface area contributed by atoms with E-state index in [9.17, 15) is 14.4 Å². The van der Waals surface area contributed by atoms with Gasteiger partial charge in [-0.05, 0) is 45.2 Å². The number of piperidine rings is 1. The lowest BCUT2D eigenvalue weighted by molar-refractivity contribution is -0.123. The molecule has 8 heteroatoms. The Hall–Kier alpha value is -2.35. The molecule has 3 rings (SSSR count). The number of ketones is 1. The Morgan fingerprint density at radius 3 is 2.58 bits per heavy atom. The van der Waals surface area contributed by atoms with Crippen molar-refractivity contribution in [3.05, 3.63) is 17.0 Å². The number of rotatable bonds is 4. The second kappa shape index (κ2) is 7.49. The summed E-state index contributed by atoms with van der Waals surface area (Å²) in [5.41, 5.74) is 7.27. The molecule has 1 aliphatic heterocycles. The van der Waals surface area contributed by atoms with E-state index in [0.717, 1.165) is 5.69 Å². The van der Waals surface area contributed by atoms with Crippen molar-refractivity contribution in [2.75, 3.05) is 25.0 Å². The molecule has 1 aromatic heterocycles. The van der Waals surface area contributed by atoms with E-state index in [1.165, 1.54) is 0 Å². The maximum absolute atomic E-state index is 12.3. The standard InChI is InChI=1S/C18H25N5O3/c1-10-7-13-16(14(24)8-10)11(2)20-18(21-13)22-15(25)9-23-5-3-12(4-6-23)17(19)26/h10,12H,3-9H2,1-2H3,(H2,19,26)(H,20,21,22,25)/t10-/m1/s1. The van der Waals surface area contributed by atoms with Crippen LogP contribution < -0.4 is 11.1 Å². The first-order chi connectivity index (χ1) is 12.3. The van der Waals surface area contributed by atoms with Gasteiger partial charge in [-0.2, -0.15) is 0 Å². The van der Waals surface area contributed by atoms with Crippen molar-refractivity contribution in [2.24, 2.45) is 17.6 Å². The highest BCUT2D eigenvalue weighted by molar-refractivity contribution is 5.99. The number of nitrogens with one attached hydrogen (secondary N) is 1. The van der Waals surface area contributed by atoms with Crippen LogP contribution in [0.5, 0.6) is 0 Å². The fourth-order valence-corrected chi connectivity index (χ4v) is 3.76. The van der Waals surface area contributed by atoms with E-state index in [1.807, 2.05) is 11.8 Å². The zero-order valence-electron chi connectivity index (χ0n) is 15.2. The normalized spacial score (nSPS) is 21.3. The molecule has 140 valence electrons. The third-order valence-electron chi connectivity index (χ3n) is 5.13. The van der Waals surface area contributed by atoms with Gasteiger partial charge in [0, 0.05) is 12.3 Å². The van der Waals surface area contributed by atoms with E-state index in [-0.39, 0.29) is 41.9 Å². The van der Waals surface area contributed by atoms with Crippen LogP contribution in [0.4, 0.5) is 5.95 Å². The number of Topliss-reactive ketones (excluding diaryl/α,β-unsaturated/α-hetero) is 1. The SMILES string of the molecule is Cc1nc(NC(=O)CN2CCC(C(N)=O)CC2)nc2c1C(=O)C[C@H](C)C2. The van der Waals surface area contributed by atoms with Crippen LogP contribution in [0.25, 0.3) is 0 Å². The molecule has 26 heavy (non-hydrogen) atoms. The summed E-state index contributed by atoms with van der Waals surface area (Å²) in [6.07, 6.45) is 2.59. The van der Waals surface area contributed by atoms with E-state index in [0.29, 0.717) is 50.0 Å². The number of anilines is 1. The lowest BCUT2D eigenvalue weighted by Gasteiger charge is -2.29. The fraction of sp³-hybridized carbons (Fsp3) is 0.611. The van der Waals surface area contributed by atoms with Crippen molar-refractivity contribution in [3.8, 4) is 0 Å². The highest BCUT2D eigenvalue weighted by Crippen LogP contribution is 2.26. The smallest absolute Gasteiger partial charge is 0.240 e. The molecule has 1 saturated heterocycles.